The Bertz CT molecular complexity index is 716. The van der Waals surface area contributed by atoms with Gasteiger partial charge < -0.3 is 10.2 Å². The minimum absolute atomic E-state index is 0.102. The van der Waals surface area contributed by atoms with E-state index in [0.717, 1.165) is 12.0 Å². The second kappa shape index (κ2) is 7.54. The quantitative estimate of drug-likeness (QED) is 0.920. The zero-order chi connectivity index (χ0) is 16.8. The monoisotopic (exact) mass is 314 g/mol. The van der Waals surface area contributed by atoms with Crippen LogP contribution in [0.2, 0.25) is 0 Å². The minimum atomic E-state index is -0.510. The van der Waals surface area contributed by atoms with Crippen LogP contribution in [0.1, 0.15) is 19.4 Å². The molecule has 2 aromatic carbocycles. The summed E-state index contributed by atoms with van der Waals surface area (Å²) in [5, 5.41) is 2.49. The Kier molecular flexibility index (Phi) is 5.46. The number of aryl methyl sites for hydroxylation is 1. The molecule has 23 heavy (non-hydrogen) atoms. The van der Waals surface area contributed by atoms with Crippen LogP contribution >= 0.6 is 0 Å². The first-order valence-corrected chi connectivity index (χ1v) is 7.43. The van der Waals surface area contributed by atoms with Crippen LogP contribution in [-0.2, 0) is 16.0 Å². The summed E-state index contributed by atoms with van der Waals surface area (Å²) in [7, 11) is 0. The van der Waals surface area contributed by atoms with Crippen molar-refractivity contribution in [1.29, 1.82) is 0 Å². The fourth-order valence-corrected chi connectivity index (χ4v) is 2.34. The number of rotatable bonds is 5. The molecule has 0 atom stereocenters. The van der Waals surface area contributed by atoms with Crippen LogP contribution in [0.25, 0.3) is 0 Å². The second-order valence-corrected chi connectivity index (χ2v) is 5.12. The molecule has 120 valence electrons. The van der Waals surface area contributed by atoms with Crippen molar-refractivity contribution >= 4 is 23.2 Å². The Hall–Kier alpha value is -2.69. The molecule has 0 fully saturated rings. The van der Waals surface area contributed by atoms with E-state index in [9.17, 15) is 14.0 Å². The molecule has 0 saturated carbocycles. The van der Waals surface area contributed by atoms with E-state index in [2.05, 4.69) is 5.32 Å². The fourth-order valence-electron chi connectivity index (χ4n) is 2.34. The summed E-state index contributed by atoms with van der Waals surface area (Å²) in [5.74, 6) is -1.20. The highest BCUT2D eigenvalue weighted by molar-refractivity contribution is 6.02. The first-order chi connectivity index (χ1) is 11.0. The Morgan fingerprint density at radius 2 is 1.74 bits per heavy atom. The normalized spacial score (nSPS) is 10.2. The summed E-state index contributed by atoms with van der Waals surface area (Å²) in [6, 6.07) is 13.4. The van der Waals surface area contributed by atoms with Gasteiger partial charge in [0, 0.05) is 12.6 Å². The number of carbonyl (C=O) groups is 2. The maximum absolute atomic E-state index is 13.6. The maximum atomic E-state index is 13.6. The van der Waals surface area contributed by atoms with Crippen LogP contribution in [0.15, 0.2) is 48.5 Å². The third-order valence-electron chi connectivity index (χ3n) is 3.49. The number of hydrogen-bond donors (Lipinski definition) is 1. The first-order valence-electron chi connectivity index (χ1n) is 7.43. The largest absolute Gasteiger partial charge is 0.322 e. The SMILES string of the molecule is CCc1ccccc1N(CC(=O)Nc1ccccc1F)C(C)=O. The molecule has 0 spiro atoms. The molecule has 2 amide bonds. The molecular formula is C18H19FN2O2. The van der Waals surface area contributed by atoms with Gasteiger partial charge in [-0.05, 0) is 30.2 Å². The molecule has 0 saturated heterocycles. The zero-order valence-corrected chi connectivity index (χ0v) is 13.2. The van der Waals surface area contributed by atoms with Crippen molar-refractivity contribution in [3.63, 3.8) is 0 Å². The second-order valence-electron chi connectivity index (χ2n) is 5.12. The lowest BCUT2D eigenvalue weighted by Gasteiger charge is -2.23. The summed E-state index contributed by atoms with van der Waals surface area (Å²) in [4.78, 5) is 25.5. The van der Waals surface area contributed by atoms with E-state index < -0.39 is 11.7 Å². The molecule has 1 N–H and O–H groups in total. The summed E-state index contributed by atoms with van der Waals surface area (Å²) < 4.78 is 13.6. The fraction of sp³-hybridized carbons (Fsp3) is 0.222. The number of nitrogens with one attached hydrogen (secondary N) is 1. The van der Waals surface area contributed by atoms with Gasteiger partial charge >= 0.3 is 0 Å². The zero-order valence-electron chi connectivity index (χ0n) is 13.2. The standard InChI is InChI=1S/C18H19FN2O2/c1-3-14-8-4-7-11-17(14)21(13(2)22)12-18(23)20-16-10-6-5-9-15(16)19/h4-11H,3,12H2,1-2H3,(H,20,23). The van der Waals surface area contributed by atoms with Crippen LogP contribution in [-0.4, -0.2) is 18.4 Å². The van der Waals surface area contributed by atoms with Crippen molar-refractivity contribution < 1.29 is 14.0 Å². The third-order valence-corrected chi connectivity index (χ3v) is 3.49. The van der Waals surface area contributed by atoms with Crippen molar-refractivity contribution in [2.75, 3.05) is 16.8 Å². The molecule has 0 aliphatic heterocycles. The molecule has 0 heterocycles. The van der Waals surface area contributed by atoms with Gasteiger partial charge in [0.2, 0.25) is 11.8 Å². The summed E-state index contributed by atoms with van der Waals surface area (Å²) in [5.41, 5.74) is 1.78. The Morgan fingerprint density at radius 3 is 2.39 bits per heavy atom. The molecule has 0 radical (unpaired) electrons. The highest BCUT2D eigenvalue weighted by Gasteiger charge is 2.18. The molecule has 0 bridgehead atoms. The Balaban J connectivity index is 2.18. The lowest BCUT2D eigenvalue weighted by atomic mass is 10.1. The summed E-state index contributed by atoms with van der Waals surface area (Å²) >= 11 is 0. The van der Waals surface area contributed by atoms with Gasteiger partial charge in [-0.2, -0.15) is 0 Å². The number of benzene rings is 2. The number of anilines is 2. The van der Waals surface area contributed by atoms with Gasteiger partial charge in [0.05, 0.1) is 5.69 Å². The van der Waals surface area contributed by atoms with Crippen molar-refractivity contribution in [2.45, 2.75) is 20.3 Å². The van der Waals surface area contributed by atoms with Crippen molar-refractivity contribution in [3.8, 4) is 0 Å². The number of carbonyl (C=O) groups excluding carboxylic acids is 2. The van der Waals surface area contributed by atoms with Crippen LogP contribution in [0.3, 0.4) is 0 Å². The number of hydrogen-bond acceptors (Lipinski definition) is 2. The minimum Gasteiger partial charge on any atom is -0.322 e. The van der Waals surface area contributed by atoms with Gasteiger partial charge in [-0.15, -0.1) is 0 Å². The van der Waals surface area contributed by atoms with E-state index in [1.807, 2.05) is 25.1 Å². The van der Waals surface area contributed by atoms with E-state index in [-0.39, 0.29) is 18.1 Å². The van der Waals surface area contributed by atoms with Crippen molar-refractivity contribution in [1.82, 2.24) is 0 Å². The van der Waals surface area contributed by atoms with Gasteiger partial charge in [0.1, 0.15) is 12.4 Å². The van der Waals surface area contributed by atoms with Crippen LogP contribution in [0.5, 0.6) is 0 Å². The van der Waals surface area contributed by atoms with Crippen LogP contribution in [0.4, 0.5) is 15.8 Å². The van der Waals surface area contributed by atoms with E-state index in [0.29, 0.717) is 5.69 Å². The predicted molar refractivity (Wildman–Crippen MR) is 88.9 cm³/mol. The average molecular weight is 314 g/mol. The number of amides is 2. The molecule has 4 nitrogen and oxygen atoms in total. The average Bonchev–Trinajstić information content (AvgIpc) is 2.54. The molecule has 0 aliphatic rings. The van der Waals surface area contributed by atoms with E-state index in [4.69, 9.17) is 0 Å². The third kappa shape index (κ3) is 4.16. The Morgan fingerprint density at radius 1 is 1.09 bits per heavy atom. The van der Waals surface area contributed by atoms with E-state index in [1.54, 1.807) is 18.2 Å². The number of para-hydroxylation sites is 2. The van der Waals surface area contributed by atoms with Crippen molar-refractivity contribution in [3.05, 3.63) is 59.9 Å². The van der Waals surface area contributed by atoms with E-state index >= 15 is 0 Å². The molecule has 2 rings (SSSR count). The lowest BCUT2D eigenvalue weighted by molar-refractivity contribution is -0.120. The maximum Gasteiger partial charge on any atom is 0.244 e. The van der Waals surface area contributed by atoms with Gasteiger partial charge in [-0.1, -0.05) is 37.3 Å². The van der Waals surface area contributed by atoms with Crippen LogP contribution in [0, 0.1) is 5.82 Å². The van der Waals surface area contributed by atoms with Crippen molar-refractivity contribution in [2.24, 2.45) is 0 Å². The molecule has 0 aromatic heterocycles. The summed E-state index contributed by atoms with van der Waals surface area (Å²) in [6.07, 6.45) is 0.745. The van der Waals surface area contributed by atoms with Gasteiger partial charge in [-0.25, -0.2) is 4.39 Å². The highest BCUT2D eigenvalue weighted by atomic mass is 19.1. The number of halogens is 1. The molecule has 2 aromatic rings. The topological polar surface area (TPSA) is 49.4 Å². The highest BCUT2D eigenvalue weighted by Crippen LogP contribution is 2.21. The number of nitrogens with zero attached hydrogens (tertiary/aromatic N) is 1. The Labute approximate surface area is 134 Å². The lowest BCUT2D eigenvalue weighted by Crippen LogP contribution is -2.37. The smallest absolute Gasteiger partial charge is 0.244 e. The molecule has 5 heteroatoms. The van der Waals surface area contributed by atoms with Gasteiger partial charge in [0.25, 0.3) is 0 Å². The molecular weight excluding hydrogens is 295 g/mol. The molecule has 0 unspecified atom stereocenters. The first kappa shape index (κ1) is 16.7. The predicted octanol–water partition coefficient (Wildman–Crippen LogP) is 3.38. The van der Waals surface area contributed by atoms with Gasteiger partial charge in [0.15, 0.2) is 0 Å². The van der Waals surface area contributed by atoms with Crippen LogP contribution < -0.4 is 10.2 Å². The summed E-state index contributed by atoms with van der Waals surface area (Å²) in [6.45, 7) is 3.22. The van der Waals surface area contributed by atoms with E-state index in [1.165, 1.54) is 24.0 Å². The van der Waals surface area contributed by atoms with Gasteiger partial charge in [-0.3, -0.25) is 9.59 Å². The molecule has 0 aliphatic carbocycles.